The molecule has 1 aliphatic heterocycles. The van der Waals surface area contributed by atoms with E-state index in [2.05, 4.69) is 15.6 Å². The molecule has 16 heavy (non-hydrogen) atoms. The van der Waals surface area contributed by atoms with Crippen LogP contribution in [0.4, 0.5) is 13.2 Å². The van der Waals surface area contributed by atoms with E-state index in [9.17, 15) is 13.2 Å². The Bertz CT molecular complexity index is 341. The number of piperidine rings is 1. The van der Waals surface area contributed by atoms with Gasteiger partial charge in [0, 0.05) is 6.54 Å². The van der Waals surface area contributed by atoms with Crippen molar-refractivity contribution in [1.82, 2.24) is 20.3 Å². The molecular formula is C9H13F3N4. The molecule has 0 amide bonds. The standard InChI is InChI=1S/C9H13F3N4/c10-9(11,12)8-6-16(15-14-8)5-7-1-3-13-4-2-7/h6-7,13H,1-5H2. The molecule has 4 nitrogen and oxygen atoms in total. The fourth-order valence-corrected chi connectivity index (χ4v) is 1.85. The van der Waals surface area contributed by atoms with Gasteiger partial charge in [-0.3, -0.25) is 4.68 Å². The lowest BCUT2D eigenvalue weighted by Crippen LogP contribution is -2.30. The summed E-state index contributed by atoms with van der Waals surface area (Å²) >= 11 is 0. The van der Waals surface area contributed by atoms with Gasteiger partial charge in [0.05, 0.1) is 6.20 Å². The molecule has 1 saturated heterocycles. The van der Waals surface area contributed by atoms with Crippen molar-refractivity contribution in [2.75, 3.05) is 13.1 Å². The molecule has 0 atom stereocenters. The maximum absolute atomic E-state index is 12.3. The Hall–Kier alpha value is -1.11. The number of hydrogen-bond donors (Lipinski definition) is 1. The third kappa shape index (κ3) is 2.72. The van der Waals surface area contributed by atoms with Gasteiger partial charge in [-0.2, -0.15) is 13.2 Å². The molecule has 0 spiro atoms. The fraction of sp³-hybridized carbons (Fsp3) is 0.778. The van der Waals surface area contributed by atoms with Gasteiger partial charge in [-0.1, -0.05) is 5.21 Å². The third-order valence-corrected chi connectivity index (χ3v) is 2.73. The highest BCUT2D eigenvalue weighted by Crippen LogP contribution is 2.27. The first kappa shape index (κ1) is 11.4. The van der Waals surface area contributed by atoms with E-state index < -0.39 is 11.9 Å². The van der Waals surface area contributed by atoms with Crippen molar-refractivity contribution in [3.63, 3.8) is 0 Å². The zero-order chi connectivity index (χ0) is 11.6. The maximum atomic E-state index is 12.3. The predicted octanol–water partition coefficient (Wildman–Crippen LogP) is 1.30. The summed E-state index contributed by atoms with van der Waals surface area (Å²) in [5, 5.41) is 9.83. The zero-order valence-electron chi connectivity index (χ0n) is 8.67. The van der Waals surface area contributed by atoms with Crippen molar-refractivity contribution >= 4 is 0 Å². The Kier molecular flexibility index (Phi) is 3.13. The third-order valence-electron chi connectivity index (χ3n) is 2.73. The molecule has 0 bridgehead atoms. The summed E-state index contributed by atoms with van der Waals surface area (Å²) in [7, 11) is 0. The lowest BCUT2D eigenvalue weighted by molar-refractivity contribution is -0.141. The average Bonchev–Trinajstić information content (AvgIpc) is 2.67. The number of nitrogens with one attached hydrogen (secondary N) is 1. The van der Waals surface area contributed by atoms with E-state index in [1.165, 1.54) is 4.68 Å². The van der Waals surface area contributed by atoms with E-state index in [-0.39, 0.29) is 0 Å². The molecule has 7 heteroatoms. The van der Waals surface area contributed by atoms with Crippen LogP contribution >= 0.6 is 0 Å². The van der Waals surface area contributed by atoms with Crippen molar-refractivity contribution in [3.05, 3.63) is 11.9 Å². The lowest BCUT2D eigenvalue weighted by Gasteiger charge is -2.21. The Morgan fingerprint density at radius 1 is 1.38 bits per heavy atom. The summed E-state index contributed by atoms with van der Waals surface area (Å²) in [6.45, 7) is 2.36. The predicted molar refractivity (Wildman–Crippen MR) is 50.6 cm³/mol. The summed E-state index contributed by atoms with van der Waals surface area (Å²) in [5.74, 6) is 0.393. The van der Waals surface area contributed by atoms with Crippen LogP contribution in [0.5, 0.6) is 0 Å². The van der Waals surface area contributed by atoms with Crippen LogP contribution in [0, 0.1) is 5.92 Å². The minimum atomic E-state index is -4.40. The van der Waals surface area contributed by atoms with Crippen LogP contribution in [0.15, 0.2) is 6.20 Å². The fourth-order valence-electron chi connectivity index (χ4n) is 1.85. The highest BCUT2D eigenvalue weighted by atomic mass is 19.4. The molecule has 1 fully saturated rings. The number of hydrogen-bond acceptors (Lipinski definition) is 3. The van der Waals surface area contributed by atoms with Crippen molar-refractivity contribution in [1.29, 1.82) is 0 Å². The molecule has 0 radical (unpaired) electrons. The molecule has 1 aliphatic rings. The van der Waals surface area contributed by atoms with Crippen LogP contribution in [-0.2, 0) is 12.7 Å². The van der Waals surface area contributed by atoms with Gasteiger partial charge in [-0.25, -0.2) is 0 Å². The molecule has 1 aromatic heterocycles. The van der Waals surface area contributed by atoms with Crippen molar-refractivity contribution in [2.45, 2.75) is 25.6 Å². The molecular weight excluding hydrogens is 221 g/mol. The summed E-state index contributed by atoms with van der Waals surface area (Å²) in [6, 6.07) is 0. The van der Waals surface area contributed by atoms with E-state index in [1.807, 2.05) is 0 Å². The summed E-state index contributed by atoms with van der Waals surface area (Å²) < 4.78 is 38.1. The number of aromatic nitrogens is 3. The SMILES string of the molecule is FC(F)(F)c1cn(CC2CCNCC2)nn1. The smallest absolute Gasteiger partial charge is 0.317 e. The van der Waals surface area contributed by atoms with Crippen molar-refractivity contribution < 1.29 is 13.2 Å². The summed E-state index contributed by atoms with van der Waals surface area (Å²) in [6.07, 6.45) is -1.48. The molecule has 1 aromatic rings. The van der Waals surface area contributed by atoms with Gasteiger partial charge >= 0.3 is 6.18 Å². The number of halogens is 3. The molecule has 2 rings (SSSR count). The van der Waals surface area contributed by atoms with Crippen LogP contribution in [0.3, 0.4) is 0 Å². The van der Waals surface area contributed by atoms with Crippen LogP contribution in [-0.4, -0.2) is 28.1 Å². The first-order chi connectivity index (χ1) is 7.55. The van der Waals surface area contributed by atoms with Gasteiger partial charge in [0.25, 0.3) is 0 Å². The highest BCUT2D eigenvalue weighted by molar-refractivity contribution is 4.97. The largest absolute Gasteiger partial charge is 0.436 e. The number of alkyl halides is 3. The van der Waals surface area contributed by atoms with E-state index in [4.69, 9.17) is 0 Å². The second-order valence-electron chi connectivity index (χ2n) is 4.02. The average molecular weight is 234 g/mol. The van der Waals surface area contributed by atoms with E-state index in [0.29, 0.717) is 12.5 Å². The van der Waals surface area contributed by atoms with E-state index in [0.717, 1.165) is 32.1 Å². The van der Waals surface area contributed by atoms with Crippen LogP contribution < -0.4 is 5.32 Å². The van der Waals surface area contributed by atoms with Gasteiger partial charge in [0.1, 0.15) is 0 Å². The first-order valence-corrected chi connectivity index (χ1v) is 5.24. The van der Waals surface area contributed by atoms with E-state index in [1.54, 1.807) is 0 Å². The molecule has 0 aliphatic carbocycles. The number of nitrogens with zero attached hydrogens (tertiary/aromatic N) is 3. The van der Waals surface area contributed by atoms with E-state index >= 15 is 0 Å². The molecule has 1 N–H and O–H groups in total. The van der Waals surface area contributed by atoms with Crippen LogP contribution in [0.25, 0.3) is 0 Å². The monoisotopic (exact) mass is 234 g/mol. The molecule has 90 valence electrons. The van der Waals surface area contributed by atoms with Gasteiger partial charge in [-0.05, 0) is 31.8 Å². The Balaban J connectivity index is 1.97. The van der Waals surface area contributed by atoms with Gasteiger partial charge in [-0.15, -0.1) is 5.10 Å². The summed E-state index contributed by atoms with van der Waals surface area (Å²) in [5.41, 5.74) is -0.915. The second-order valence-corrected chi connectivity index (χ2v) is 4.02. The Labute approximate surface area is 90.8 Å². The second kappa shape index (κ2) is 4.40. The maximum Gasteiger partial charge on any atom is 0.436 e. The molecule has 2 heterocycles. The molecule has 0 unspecified atom stereocenters. The summed E-state index contributed by atoms with van der Waals surface area (Å²) in [4.78, 5) is 0. The van der Waals surface area contributed by atoms with Crippen molar-refractivity contribution in [3.8, 4) is 0 Å². The quantitative estimate of drug-likeness (QED) is 0.838. The van der Waals surface area contributed by atoms with Gasteiger partial charge in [0.2, 0.25) is 0 Å². The topological polar surface area (TPSA) is 42.7 Å². The van der Waals surface area contributed by atoms with Gasteiger partial charge < -0.3 is 5.32 Å². The van der Waals surface area contributed by atoms with Gasteiger partial charge in [0.15, 0.2) is 5.69 Å². The van der Waals surface area contributed by atoms with Crippen LogP contribution in [0.2, 0.25) is 0 Å². The minimum absolute atomic E-state index is 0.393. The molecule has 0 aromatic carbocycles. The van der Waals surface area contributed by atoms with Crippen LogP contribution in [0.1, 0.15) is 18.5 Å². The minimum Gasteiger partial charge on any atom is -0.317 e. The molecule has 0 saturated carbocycles. The Morgan fingerprint density at radius 3 is 2.62 bits per heavy atom. The Morgan fingerprint density at radius 2 is 2.06 bits per heavy atom. The van der Waals surface area contributed by atoms with Crippen molar-refractivity contribution in [2.24, 2.45) is 5.92 Å². The first-order valence-electron chi connectivity index (χ1n) is 5.24. The lowest BCUT2D eigenvalue weighted by atomic mass is 9.98. The number of rotatable bonds is 2. The highest BCUT2D eigenvalue weighted by Gasteiger charge is 2.34. The normalized spacial score (nSPS) is 18.9. The zero-order valence-corrected chi connectivity index (χ0v) is 8.67.